The molecule has 2 aliphatic rings. The Morgan fingerprint density at radius 2 is 1.26 bits per heavy atom. The summed E-state index contributed by atoms with van der Waals surface area (Å²) < 4.78 is 11.8. The second-order valence-electron chi connectivity index (χ2n) is 12.8. The molecule has 0 unspecified atom stereocenters. The van der Waals surface area contributed by atoms with E-state index in [1.165, 1.54) is 93.3 Å². The molecule has 46 heavy (non-hydrogen) atoms. The highest BCUT2D eigenvalue weighted by molar-refractivity contribution is 6.90. The van der Waals surface area contributed by atoms with Crippen molar-refractivity contribution in [3.63, 3.8) is 0 Å². The molecule has 7 aromatic carbocycles. The highest BCUT2D eigenvalue weighted by atomic mass is 16.3. The summed E-state index contributed by atoms with van der Waals surface area (Å²) in [5.41, 5.74) is 15.9. The van der Waals surface area contributed by atoms with Crippen LogP contribution in [0.1, 0.15) is 0 Å². The summed E-state index contributed by atoms with van der Waals surface area (Å²) in [6.45, 7) is 0.0227. The predicted molar refractivity (Wildman–Crippen MR) is 192 cm³/mol. The number of rotatable bonds is 1. The lowest BCUT2D eigenvalue weighted by Gasteiger charge is -2.34. The Morgan fingerprint density at radius 3 is 2.17 bits per heavy atom. The van der Waals surface area contributed by atoms with E-state index in [-0.39, 0.29) is 6.85 Å². The van der Waals surface area contributed by atoms with E-state index in [0.717, 1.165) is 11.2 Å². The fourth-order valence-corrected chi connectivity index (χ4v) is 8.95. The van der Waals surface area contributed by atoms with Gasteiger partial charge >= 0.3 is 6.85 Å². The summed E-state index contributed by atoms with van der Waals surface area (Å²) in [5, 5.41) is 7.54. The average molecular weight is 582 g/mol. The van der Waals surface area contributed by atoms with Gasteiger partial charge in [-0.15, -0.1) is 0 Å². The number of hydrogen-bond acceptors (Lipinski definition) is 1. The van der Waals surface area contributed by atoms with Crippen molar-refractivity contribution in [2.24, 2.45) is 0 Å². The highest BCUT2D eigenvalue weighted by Crippen LogP contribution is 2.47. The molecule has 5 heterocycles. The first kappa shape index (κ1) is 23.4. The van der Waals surface area contributed by atoms with Crippen LogP contribution in [0.4, 0.5) is 0 Å². The van der Waals surface area contributed by atoms with E-state index < -0.39 is 0 Å². The summed E-state index contributed by atoms with van der Waals surface area (Å²) in [5.74, 6) is 0. The molecule has 3 nitrogen and oxygen atoms in total. The van der Waals surface area contributed by atoms with E-state index in [1.807, 2.05) is 0 Å². The van der Waals surface area contributed by atoms with Gasteiger partial charge in [0.2, 0.25) is 0 Å². The molecule has 0 saturated carbocycles. The van der Waals surface area contributed by atoms with Gasteiger partial charge in [0.15, 0.2) is 0 Å². The van der Waals surface area contributed by atoms with E-state index in [2.05, 4.69) is 149 Å². The third-order valence-corrected chi connectivity index (χ3v) is 10.7. The van der Waals surface area contributed by atoms with E-state index in [0.29, 0.717) is 0 Å². The highest BCUT2D eigenvalue weighted by Gasteiger charge is 2.42. The number of benzene rings is 7. The van der Waals surface area contributed by atoms with Crippen LogP contribution in [0.15, 0.2) is 144 Å². The smallest absolute Gasteiger partial charge is 0.333 e. The lowest BCUT2D eigenvalue weighted by molar-refractivity contribution is 0.669. The second kappa shape index (κ2) is 7.98. The van der Waals surface area contributed by atoms with Gasteiger partial charge < -0.3 is 13.5 Å². The fourth-order valence-electron chi connectivity index (χ4n) is 8.95. The third-order valence-electron chi connectivity index (χ3n) is 10.7. The maximum atomic E-state index is 6.69. The number of fused-ring (bicyclic) bond motifs is 14. The molecule has 2 aliphatic heterocycles. The van der Waals surface area contributed by atoms with Gasteiger partial charge in [-0.05, 0) is 51.9 Å². The normalized spacial score (nSPS) is 13.2. The number of nitrogens with zero attached hydrogens (tertiary/aromatic N) is 2. The average Bonchev–Trinajstić information content (AvgIpc) is 3.77. The van der Waals surface area contributed by atoms with E-state index in [9.17, 15) is 0 Å². The van der Waals surface area contributed by atoms with Gasteiger partial charge in [0.05, 0.1) is 11.0 Å². The standard InChI is InChI=1S/C42H23BN2O/c1-2-10-24(11-3-1)25-20-21-33-31(22-25)28-15-9-17-32-42(28)44(33)35-23-37-38(29-13-5-7-19-36(29)46-37)39-30-16-8-14-27-26-12-4-6-18-34(26)45(41(27)30)43(32)40(35)39/h1-23H. The number of furan rings is 1. The van der Waals surface area contributed by atoms with Crippen LogP contribution in [-0.4, -0.2) is 15.9 Å². The first-order valence-electron chi connectivity index (χ1n) is 16.0. The molecule has 0 N–H and O–H groups in total. The van der Waals surface area contributed by atoms with Gasteiger partial charge in [0.25, 0.3) is 0 Å². The minimum atomic E-state index is 0.0227. The molecule has 0 fully saturated rings. The molecule has 0 saturated heterocycles. The first-order chi connectivity index (χ1) is 22.8. The Hall–Kier alpha value is -6.00. The van der Waals surface area contributed by atoms with Crippen LogP contribution in [0.5, 0.6) is 0 Å². The van der Waals surface area contributed by atoms with Crippen molar-refractivity contribution in [3.8, 4) is 27.9 Å². The monoisotopic (exact) mass is 582 g/mol. The van der Waals surface area contributed by atoms with Crippen LogP contribution in [0.25, 0.3) is 93.5 Å². The SMILES string of the molecule is c1ccc(-c2ccc3c(c2)c2cccc4c2n3-c2cc3oc5ccccc5c3c3c2B4n2c4ccccc4c4cccc-3c42)cc1. The van der Waals surface area contributed by atoms with Crippen molar-refractivity contribution < 1.29 is 4.42 Å². The van der Waals surface area contributed by atoms with Gasteiger partial charge in [-0.25, -0.2) is 0 Å². The molecule has 0 spiro atoms. The summed E-state index contributed by atoms with van der Waals surface area (Å²) in [4.78, 5) is 0. The van der Waals surface area contributed by atoms with Crippen LogP contribution < -0.4 is 10.9 Å². The maximum absolute atomic E-state index is 6.69. The molecule has 0 atom stereocenters. The van der Waals surface area contributed by atoms with Gasteiger partial charge in [0.1, 0.15) is 11.2 Å². The zero-order chi connectivity index (χ0) is 29.7. The van der Waals surface area contributed by atoms with Crippen LogP contribution in [-0.2, 0) is 0 Å². The summed E-state index contributed by atoms with van der Waals surface area (Å²) in [6, 6.07) is 51.2. The Balaban J connectivity index is 1.33. The van der Waals surface area contributed by atoms with Gasteiger partial charge in [0, 0.05) is 60.7 Å². The third kappa shape index (κ3) is 2.62. The van der Waals surface area contributed by atoms with Crippen LogP contribution in [0, 0.1) is 0 Å². The molecule has 10 aromatic rings. The van der Waals surface area contributed by atoms with E-state index in [4.69, 9.17) is 4.42 Å². The molecular formula is C42H23BN2O. The van der Waals surface area contributed by atoms with Crippen molar-refractivity contribution in [3.05, 3.63) is 140 Å². The maximum Gasteiger partial charge on any atom is 0.333 e. The van der Waals surface area contributed by atoms with Crippen molar-refractivity contribution in [1.29, 1.82) is 0 Å². The van der Waals surface area contributed by atoms with Gasteiger partial charge in [-0.2, -0.15) is 0 Å². The van der Waals surface area contributed by atoms with Crippen molar-refractivity contribution in [1.82, 2.24) is 9.05 Å². The van der Waals surface area contributed by atoms with Crippen molar-refractivity contribution in [2.45, 2.75) is 0 Å². The predicted octanol–water partition coefficient (Wildman–Crippen LogP) is 9.41. The fraction of sp³-hybridized carbons (Fsp3) is 0. The zero-order valence-corrected chi connectivity index (χ0v) is 24.7. The number of para-hydroxylation sites is 4. The van der Waals surface area contributed by atoms with Crippen LogP contribution in [0.2, 0.25) is 0 Å². The van der Waals surface area contributed by atoms with Crippen LogP contribution >= 0.6 is 0 Å². The minimum absolute atomic E-state index is 0.0227. The molecule has 210 valence electrons. The quantitative estimate of drug-likeness (QED) is 0.177. The molecule has 0 amide bonds. The lowest BCUT2D eigenvalue weighted by atomic mass is 9.45. The lowest BCUT2D eigenvalue weighted by Crippen LogP contribution is -2.55. The topological polar surface area (TPSA) is 23.0 Å². The second-order valence-corrected chi connectivity index (χ2v) is 12.8. The Bertz CT molecular complexity index is 2980. The molecule has 0 aliphatic carbocycles. The largest absolute Gasteiger partial charge is 0.456 e. The van der Waals surface area contributed by atoms with Crippen LogP contribution in [0.3, 0.4) is 0 Å². The minimum Gasteiger partial charge on any atom is -0.456 e. The van der Waals surface area contributed by atoms with E-state index in [1.54, 1.807) is 0 Å². The van der Waals surface area contributed by atoms with E-state index >= 15 is 0 Å². The molecule has 3 aromatic heterocycles. The summed E-state index contributed by atoms with van der Waals surface area (Å²) >= 11 is 0. The van der Waals surface area contributed by atoms with Crippen molar-refractivity contribution in [2.75, 3.05) is 0 Å². The molecule has 4 heteroatoms. The van der Waals surface area contributed by atoms with Crippen molar-refractivity contribution >= 4 is 83.3 Å². The summed E-state index contributed by atoms with van der Waals surface area (Å²) in [7, 11) is 0. The Morgan fingerprint density at radius 1 is 0.500 bits per heavy atom. The Labute approximate surface area is 263 Å². The molecular weight excluding hydrogens is 559 g/mol. The Kier molecular flexibility index (Phi) is 4.06. The number of aromatic nitrogens is 2. The first-order valence-corrected chi connectivity index (χ1v) is 16.0. The molecule has 0 bridgehead atoms. The molecule has 12 rings (SSSR count). The van der Waals surface area contributed by atoms with Gasteiger partial charge in [-0.3, -0.25) is 0 Å². The zero-order valence-electron chi connectivity index (χ0n) is 24.7. The number of hydrogen-bond donors (Lipinski definition) is 0. The molecule has 0 radical (unpaired) electrons. The van der Waals surface area contributed by atoms with Gasteiger partial charge in [-0.1, -0.05) is 109 Å². The summed E-state index contributed by atoms with van der Waals surface area (Å²) in [6.07, 6.45) is 0.